The SMILES string of the molecule is CC(C)(C)OC(=O)N1CCC(O)(C(C(=O)O)c2ccccc2)CC1.Cl.Cl.O=C(O)C(c1ccccc1)C1(O)CCNCC1. The Balaban J connectivity index is 0.000000432. The predicted molar refractivity (Wildman–Crippen MR) is 167 cm³/mol. The molecule has 2 saturated heterocycles. The Hall–Kier alpha value is -2.89. The summed E-state index contributed by atoms with van der Waals surface area (Å²) in [4.78, 5) is 36.8. The molecule has 2 aliphatic rings. The minimum absolute atomic E-state index is 0. The topological polar surface area (TPSA) is 157 Å². The minimum Gasteiger partial charge on any atom is -0.481 e. The van der Waals surface area contributed by atoms with Crippen LogP contribution in [0.25, 0.3) is 0 Å². The number of carboxylic acids is 2. The molecule has 2 unspecified atom stereocenters. The maximum absolute atomic E-state index is 12.1. The van der Waals surface area contributed by atoms with E-state index in [4.69, 9.17) is 4.74 Å². The highest BCUT2D eigenvalue weighted by Crippen LogP contribution is 2.38. The maximum atomic E-state index is 12.1. The van der Waals surface area contributed by atoms with Crippen molar-refractivity contribution in [3.63, 3.8) is 0 Å². The highest BCUT2D eigenvalue weighted by molar-refractivity contribution is 5.85. The molecular formula is C31H44Cl2N2O8. The van der Waals surface area contributed by atoms with E-state index in [0.717, 1.165) is 0 Å². The van der Waals surface area contributed by atoms with Crippen LogP contribution in [-0.2, 0) is 14.3 Å². The average molecular weight is 644 g/mol. The molecule has 0 radical (unpaired) electrons. The molecule has 4 rings (SSSR count). The fourth-order valence-electron chi connectivity index (χ4n) is 5.50. The highest BCUT2D eigenvalue weighted by atomic mass is 35.5. The molecule has 2 heterocycles. The van der Waals surface area contributed by atoms with Crippen molar-refractivity contribution in [3.8, 4) is 0 Å². The van der Waals surface area contributed by atoms with Gasteiger partial charge in [0.25, 0.3) is 0 Å². The first-order valence-electron chi connectivity index (χ1n) is 13.9. The van der Waals surface area contributed by atoms with Crippen LogP contribution in [0.5, 0.6) is 0 Å². The van der Waals surface area contributed by atoms with E-state index in [9.17, 15) is 34.8 Å². The number of carboxylic acid groups (broad SMARTS) is 2. The van der Waals surface area contributed by atoms with Gasteiger partial charge in [-0.3, -0.25) is 9.59 Å². The Morgan fingerprint density at radius 1 is 0.744 bits per heavy atom. The van der Waals surface area contributed by atoms with Gasteiger partial charge in [-0.2, -0.15) is 0 Å². The number of carbonyl (C=O) groups is 3. The quantitative estimate of drug-likeness (QED) is 0.307. The van der Waals surface area contributed by atoms with E-state index in [2.05, 4.69) is 5.32 Å². The van der Waals surface area contributed by atoms with E-state index in [0.29, 0.717) is 37.1 Å². The minimum atomic E-state index is -1.38. The first kappa shape index (κ1) is 38.1. The number of ether oxygens (including phenoxy) is 1. The van der Waals surface area contributed by atoms with Crippen LogP contribution in [0.15, 0.2) is 60.7 Å². The second-order valence-electron chi connectivity index (χ2n) is 11.8. The lowest BCUT2D eigenvalue weighted by molar-refractivity contribution is -0.149. The molecule has 5 N–H and O–H groups in total. The number of piperidine rings is 2. The largest absolute Gasteiger partial charge is 0.481 e. The molecule has 2 atom stereocenters. The molecule has 1 amide bonds. The summed E-state index contributed by atoms with van der Waals surface area (Å²) >= 11 is 0. The number of hydrogen-bond donors (Lipinski definition) is 5. The van der Waals surface area contributed by atoms with Crippen LogP contribution in [0.3, 0.4) is 0 Å². The number of halogens is 2. The summed E-state index contributed by atoms with van der Waals surface area (Å²) < 4.78 is 5.33. The number of amides is 1. The van der Waals surface area contributed by atoms with Gasteiger partial charge < -0.3 is 35.4 Å². The van der Waals surface area contributed by atoms with Gasteiger partial charge in [-0.05, 0) is 70.7 Å². The zero-order valence-electron chi connectivity index (χ0n) is 24.8. The van der Waals surface area contributed by atoms with Crippen molar-refractivity contribution in [3.05, 3.63) is 71.8 Å². The van der Waals surface area contributed by atoms with Gasteiger partial charge in [-0.15, -0.1) is 24.8 Å². The number of likely N-dealkylation sites (tertiary alicyclic amines) is 1. The Bertz CT molecular complexity index is 1160. The molecule has 2 aliphatic heterocycles. The van der Waals surface area contributed by atoms with Crippen molar-refractivity contribution in [2.75, 3.05) is 26.2 Å². The Morgan fingerprint density at radius 3 is 1.47 bits per heavy atom. The first-order valence-corrected chi connectivity index (χ1v) is 13.9. The fraction of sp³-hybridized carbons (Fsp3) is 0.516. The molecular weight excluding hydrogens is 599 g/mol. The first-order chi connectivity index (χ1) is 19.3. The second kappa shape index (κ2) is 16.3. The third-order valence-electron chi connectivity index (χ3n) is 7.58. The van der Waals surface area contributed by atoms with Crippen molar-refractivity contribution in [2.45, 2.75) is 75.1 Å². The molecule has 43 heavy (non-hydrogen) atoms. The van der Waals surface area contributed by atoms with Crippen LogP contribution < -0.4 is 5.32 Å². The van der Waals surface area contributed by atoms with E-state index in [1.807, 2.05) is 6.07 Å². The van der Waals surface area contributed by atoms with Gasteiger partial charge in [0.15, 0.2) is 0 Å². The molecule has 0 aliphatic carbocycles. The number of aliphatic carboxylic acids is 2. The Kier molecular flexibility index (Phi) is 14.4. The lowest BCUT2D eigenvalue weighted by Crippen LogP contribution is -2.52. The molecule has 10 nitrogen and oxygen atoms in total. The molecule has 2 aromatic carbocycles. The summed E-state index contributed by atoms with van der Waals surface area (Å²) in [7, 11) is 0. The summed E-state index contributed by atoms with van der Waals surface area (Å²) in [5, 5.41) is 43.6. The second-order valence-corrected chi connectivity index (χ2v) is 11.8. The van der Waals surface area contributed by atoms with E-state index < -0.39 is 46.7 Å². The number of benzene rings is 2. The predicted octanol–water partition coefficient (Wildman–Crippen LogP) is 4.43. The van der Waals surface area contributed by atoms with Crippen molar-refractivity contribution < 1.29 is 39.5 Å². The standard InChI is InChI=1S/C18H25NO5.C13H17NO3.2ClH/c1-17(2,3)24-16(22)19-11-9-18(23,10-12-19)14(15(20)21)13-7-5-4-6-8-13;15-12(16)11(10-4-2-1-3-5-10)13(17)6-8-14-9-7-13;;/h4-8,14,23H,9-12H2,1-3H3,(H,20,21);1-5,11,14,17H,6-9H2,(H,15,16);2*1H. The molecule has 0 bridgehead atoms. The van der Waals surface area contributed by atoms with Crippen molar-refractivity contribution in [1.29, 1.82) is 0 Å². The van der Waals surface area contributed by atoms with E-state index >= 15 is 0 Å². The number of hydrogen-bond acceptors (Lipinski definition) is 7. The Labute approximate surface area is 265 Å². The van der Waals surface area contributed by atoms with Crippen LogP contribution in [-0.4, -0.2) is 86.3 Å². The normalized spacial score (nSPS) is 18.7. The number of nitrogens with one attached hydrogen (secondary N) is 1. The summed E-state index contributed by atoms with van der Waals surface area (Å²) in [6.07, 6.45) is 0.893. The number of nitrogens with zero attached hydrogens (tertiary/aromatic N) is 1. The van der Waals surface area contributed by atoms with Crippen LogP contribution >= 0.6 is 24.8 Å². The number of carbonyl (C=O) groups excluding carboxylic acids is 1. The lowest BCUT2D eigenvalue weighted by atomic mass is 9.76. The smallest absolute Gasteiger partial charge is 0.410 e. The highest BCUT2D eigenvalue weighted by Gasteiger charge is 2.46. The monoisotopic (exact) mass is 642 g/mol. The van der Waals surface area contributed by atoms with Gasteiger partial charge in [0.2, 0.25) is 0 Å². The van der Waals surface area contributed by atoms with Gasteiger partial charge in [-0.1, -0.05) is 60.7 Å². The summed E-state index contributed by atoms with van der Waals surface area (Å²) in [5.41, 5.74) is -1.87. The van der Waals surface area contributed by atoms with Crippen molar-refractivity contribution in [1.82, 2.24) is 10.2 Å². The van der Waals surface area contributed by atoms with Crippen LogP contribution in [0.2, 0.25) is 0 Å². The lowest BCUT2D eigenvalue weighted by Gasteiger charge is -2.41. The van der Waals surface area contributed by atoms with E-state index in [1.54, 1.807) is 75.4 Å². The van der Waals surface area contributed by atoms with Gasteiger partial charge in [0.05, 0.1) is 11.2 Å². The molecule has 0 aromatic heterocycles. The fourth-order valence-corrected chi connectivity index (χ4v) is 5.50. The van der Waals surface area contributed by atoms with Crippen LogP contribution in [0.4, 0.5) is 4.79 Å². The summed E-state index contributed by atoms with van der Waals surface area (Å²) in [5.74, 6) is -3.87. The van der Waals surface area contributed by atoms with Gasteiger partial charge in [-0.25, -0.2) is 4.79 Å². The molecule has 2 fully saturated rings. The van der Waals surface area contributed by atoms with Crippen molar-refractivity contribution >= 4 is 42.8 Å². The summed E-state index contributed by atoms with van der Waals surface area (Å²) in [6, 6.07) is 17.7. The number of aliphatic hydroxyl groups is 2. The third kappa shape index (κ3) is 10.4. The molecule has 0 spiro atoms. The van der Waals surface area contributed by atoms with Crippen LogP contribution in [0.1, 0.15) is 69.4 Å². The van der Waals surface area contributed by atoms with E-state index in [-0.39, 0.29) is 50.7 Å². The van der Waals surface area contributed by atoms with Crippen LogP contribution in [0, 0.1) is 0 Å². The van der Waals surface area contributed by atoms with Crippen molar-refractivity contribution in [2.24, 2.45) is 0 Å². The van der Waals surface area contributed by atoms with Gasteiger partial charge in [0, 0.05) is 13.1 Å². The molecule has 12 heteroatoms. The number of rotatable bonds is 6. The van der Waals surface area contributed by atoms with Gasteiger partial charge >= 0.3 is 18.0 Å². The van der Waals surface area contributed by atoms with Gasteiger partial charge in [0.1, 0.15) is 17.4 Å². The maximum Gasteiger partial charge on any atom is 0.410 e. The molecule has 0 saturated carbocycles. The van der Waals surface area contributed by atoms with E-state index in [1.165, 1.54) is 4.90 Å². The molecule has 240 valence electrons. The zero-order valence-corrected chi connectivity index (χ0v) is 26.4. The Morgan fingerprint density at radius 2 is 1.12 bits per heavy atom. The third-order valence-corrected chi connectivity index (χ3v) is 7.58. The average Bonchev–Trinajstić information content (AvgIpc) is 2.89. The molecule has 2 aromatic rings. The zero-order chi connectivity index (χ0) is 30.3. The summed E-state index contributed by atoms with van der Waals surface area (Å²) in [6.45, 7) is 7.23.